The van der Waals surface area contributed by atoms with Crippen molar-refractivity contribution in [2.45, 2.75) is 13.0 Å². The van der Waals surface area contributed by atoms with Crippen LogP contribution < -0.4 is 11.2 Å². The Bertz CT molecular complexity index is 1510. The number of nitrogens with two attached hydrogens (primary N) is 1. The van der Waals surface area contributed by atoms with E-state index in [2.05, 4.69) is 15.0 Å². The molecule has 0 bridgehead atoms. The number of benzene rings is 2. The molecule has 3 aromatic heterocycles. The number of imidazole rings is 1. The van der Waals surface area contributed by atoms with Crippen molar-refractivity contribution in [1.82, 2.24) is 19.5 Å². The second kappa shape index (κ2) is 7.28. The van der Waals surface area contributed by atoms with E-state index in [1.54, 1.807) is 17.0 Å². The summed E-state index contributed by atoms with van der Waals surface area (Å²) < 4.78 is 36.0. The minimum atomic E-state index is -0.575. The third-order valence-electron chi connectivity index (χ3n) is 5.08. The van der Waals surface area contributed by atoms with Crippen molar-refractivity contribution in [3.05, 3.63) is 82.7 Å². The molecule has 5 rings (SSSR count). The Morgan fingerprint density at radius 3 is 2.74 bits per heavy atom. The van der Waals surface area contributed by atoms with Crippen LogP contribution in [0.25, 0.3) is 33.3 Å². The summed E-state index contributed by atoms with van der Waals surface area (Å²) in [5.74, 6) is -0.609. The number of nitrogens with zero attached hydrogens (tertiary/aromatic N) is 4. The zero-order valence-electron chi connectivity index (χ0n) is 16.0. The summed E-state index contributed by atoms with van der Waals surface area (Å²) in [6.45, 7) is 0.337. The van der Waals surface area contributed by atoms with Crippen molar-refractivity contribution in [2.75, 3.05) is 5.73 Å². The highest BCUT2D eigenvalue weighted by Gasteiger charge is 2.20. The van der Waals surface area contributed by atoms with Gasteiger partial charge in [-0.3, -0.25) is 4.79 Å². The van der Waals surface area contributed by atoms with Crippen LogP contribution in [0.2, 0.25) is 0 Å². The molecule has 0 saturated heterocycles. The zero-order valence-corrected chi connectivity index (χ0v) is 16.0. The van der Waals surface area contributed by atoms with Crippen LogP contribution in [0.4, 0.5) is 14.6 Å². The fourth-order valence-corrected chi connectivity index (χ4v) is 3.61. The van der Waals surface area contributed by atoms with Crippen molar-refractivity contribution in [3.63, 3.8) is 0 Å². The second-order valence-electron chi connectivity index (χ2n) is 6.97. The van der Waals surface area contributed by atoms with Gasteiger partial charge in [-0.15, -0.1) is 0 Å². The molecule has 154 valence electrons. The first-order valence-electron chi connectivity index (χ1n) is 9.44. The molecule has 0 spiro atoms. The first kappa shape index (κ1) is 18.9. The normalized spacial score (nSPS) is 11.4. The second-order valence-corrected chi connectivity index (χ2v) is 6.97. The summed E-state index contributed by atoms with van der Waals surface area (Å²) in [6.07, 6.45) is 3.14. The third kappa shape index (κ3) is 3.20. The van der Waals surface area contributed by atoms with Crippen LogP contribution in [0.15, 0.2) is 64.3 Å². The molecule has 5 aromatic rings. The number of aryl methyl sites for hydroxylation is 2. The van der Waals surface area contributed by atoms with Crippen LogP contribution in [-0.2, 0) is 13.0 Å². The Morgan fingerprint density at radius 2 is 1.90 bits per heavy atom. The first-order valence-corrected chi connectivity index (χ1v) is 9.44. The molecule has 0 amide bonds. The van der Waals surface area contributed by atoms with Gasteiger partial charge < -0.3 is 14.7 Å². The van der Waals surface area contributed by atoms with Gasteiger partial charge in [0.2, 0.25) is 5.43 Å². The molecule has 0 saturated carbocycles. The standard InChI is InChI=1S/C22H15F2N5O2/c23-12-5-6-16-14(9-12)20(30)18(13-3-1-2-4-15(13)24)17(31-16)7-8-29-11-28-19-21(25)26-10-27-22(19)29/h1-6,9-11H,7-8H2,(H2,25,26,27). The predicted molar refractivity (Wildman–Crippen MR) is 111 cm³/mol. The number of hydrogen-bond acceptors (Lipinski definition) is 6. The maximum atomic E-state index is 14.6. The zero-order chi connectivity index (χ0) is 21.5. The molecular weight excluding hydrogens is 404 g/mol. The molecule has 2 aromatic carbocycles. The van der Waals surface area contributed by atoms with Gasteiger partial charge in [-0.2, -0.15) is 0 Å². The number of fused-ring (bicyclic) bond motifs is 2. The Labute approximate surface area is 173 Å². The van der Waals surface area contributed by atoms with Gasteiger partial charge in [-0.1, -0.05) is 18.2 Å². The summed E-state index contributed by atoms with van der Waals surface area (Å²) in [5, 5.41) is 0.0515. The van der Waals surface area contributed by atoms with Gasteiger partial charge in [0.15, 0.2) is 11.5 Å². The van der Waals surface area contributed by atoms with Gasteiger partial charge in [-0.25, -0.2) is 23.7 Å². The number of rotatable bonds is 4. The van der Waals surface area contributed by atoms with Crippen LogP contribution in [-0.4, -0.2) is 19.5 Å². The Hall–Kier alpha value is -4.14. The summed E-state index contributed by atoms with van der Waals surface area (Å²) in [4.78, 5) is 25.6. The summed E-state index contributed by atoms with van der Waals surface area (Å²) in [5.41, 5.74) is 6.72. The Balaban J connectivity index is 1.65. The van der Waals surface area contributed by atoms with E-state index in [0.29, 0.717) is 17.7 Å². The van der Waals surface area contributed by atoms with E-state index in [1.165, 1.54) is 36.7 Å². The van der Waals surface area contributed by atoms with Gasteiger partial charge in [0.1, 0.15) is 34.8 Å². The molecule has 0 aliphatic carbocycles. The molecule has 0 unspecified atom stereocenters. The van der Waals surface area contributed by atoms with Crippen molar-refractivity contribution >= 4 is 28.0 Å². The SMILES string of the molecule is Nc1ncnc2c1ncn2CCc1oc2ccc(F)cc2c(=O)c1-c1ccccc1F. The molecule has 0 radical (unpaired) electrons. The number of anilines is 1. The molecule has 0 fully saturated rings. The quantitative estimate of drug-likeness (QED) is 0.477. The minimum Gasteiger partial charge on any atom is -0.460 e. The van der Waals surface area contributed by atoms with E-state index in [-0.39, 0.29) is 40.1 Å². The first-order chi connectivity index (χ1) is 15.0. The largest absolute Gasteiger partial charge is 0.460 e. The maximum absolute atomic E-state index is 14.6. The highest BCUT2D eigenvalue weighted by molar-refractivity contribution is 5.83. The van der Waals surface area contributed by atoms with Crippen LogP contribution in [0, 0.1) is 11.6 Å². The van der Waals surface area contributed by atoms with Gasteiger partial charge >= 0.3 is 0 Å². The van der Waals surface area contributed by atoms with Crippen LogP contribution in [0.1, 0.15) is 5.76 Å². The average Bonchev–Trinajstić information content (AvgIpc) is 3.18. The third-order valence-corrected chi connectivity index (χ3v) is 5.08. The van der Waals surface area contributed by atoms with E-state index in [0.717, 1.165) is 6.07 Å². The lowest BCUT2D eigenvalue weighted by molar-refractivity contribution is 0.514. The lowest BCUT2D eigenvalue weighted by Crippen LogP contribution is -2.12. The van der Waals surface area contributed by atoms with E-state index < -0.39 is 17.1 Å². The molecule has 0 aliphatic heterocycles. The average molecular weight is 419 g/mol. The summed E-state index contributed by atoms with van der Waals surface area (Å²) in [7, 11) is 0. The number of halogens is 2. The number of aromatic nitrogens is 4. The highest BCUT2D eigenvalue weighted by atomic mass is 19.1. The van der Waals surface area contributed by atoms with Gasteiger partial charge in [0.05, 0.1) is 17.3 Å². The van der Waals surface area contributed by atoms with E-state index in [4.69, 9.17) is 10.2 Å². The van der Waals surface area contributed by atoms with E-state index in [1.807, 2.05) is 0 Å². The maximum Gasteiger partial charge on any atom is 0.200 e. The number of nitrogen functional groups attached to an aromatic ring is 1. The number of hydrogen-bond donors (Lipinski definition) is 1. The van der Waals surface area contributed by atoms with Gasteiger partial charge in [-0.05, 0) is 24.3 Å². The lowest BCUT2D eigenvalue weighted by atomic mass is 10.00. The lowest BCUT2D eigenvalue weighted by Gasteiger charge is -2.12. The molecule has 9 heteroatoms. The Kier molecular flexibility index (Phi) is 4.43. The smallest absolute Gasteiger partial charge is 0.200 e. The summed E-state index contributed by atoms with van der Waals surface area (Å²) >= 11 is 0. The van der Waals surface area contributed by atoms with Gasteiger partial charge in [0.25, 0.3) is 0 Å². The topological polar surface area (TPSA) is 99.8 Å². The molecule has 31 heavy (non-hydrogen) atoms. The molecular formula is C22H15F2N5O2. The fourth-order valence-electron chi connectivity index (χ4n) is 3.61. The van der Waals surface area contributed by atoms with Crippen LogP contribution in [0.5, 0.6) is 0 Å². The monoisotopic (exact) mass is 419 g/mol. The van der Waals surface area contributed by atoms with Crippen LogP contribution >= 0.6 is 0 Å². The van der Waals surface area contributed by atoms with Crippen molar-refractivity contribution in [1.29, 1.82) is 0 Å². The minimum absolute atomic E-state index is 0.0515. The van der Waals surface area contributed by atoms with E-state index in [9.17, 15) is 13.6 Å². The van der Waals surface area contributed by atoms with Crippen LogP contribution in [0.3, 0.4) is 0 Å². The fraction of sp³-hybridized carbons (Fsp3) is 0.0909. The summed E-state index contributed by atoms with van der Waals surface area (Å²) in [6, 6.07) is 9.61. The highest BCUT2D eigenvalue weighted by Crippen LogP contribution is 2.28. The molecule has 0 atom stereocenters. The van der Waals surface area contributed by atoms with Gasteiger partial charge in [0, 0.05) is 18.5 Å². The van der Waals surface area contributed by atoms with Crippen molar-refractivity contribution in [3.8, 4) is 11.1 Å². The molecule has 7 nitrogen and oxygen atoms in total. The van der Waals surface area contributed by atoms with Crippen molar-refractivity contribution < 1.29 is 13.2 Å². The van der Waals surface area contributed by atoms with Crippen molar-refractivity contribution in [2.24, 2.45) is 0 Å². The molecule has 0 aliphatic rings. The van der Waals surface area contributed by atoms with E-state index >= 15 is 0 Å². The predicted octanol–water partition coefficient (Wildman–Crippen LogP) is 3.70. The Morgan fingerprint density at radius 1 is 1.06 bits per heavy atom. The molecule has 2 N–H and O–H groups in total. The molecule has 3 heterocycles.